The summed E-state index contributed by atoms with van der Waals surface area (Å²) >= 11 is 4.99. The van der Waals surface area contributed by atoms with Gasteiger partial charge in [-0.1, -0.05) is 72.4 Å². The lowest BCUT2D eigenvalue weighted by atomic mass is 9.75. The minimum atomic E-state index is 0.293. The molecule has 0 aromatic heterocycles. The molecule has 0 N–H and O–H groups in total. The van der Waals surface area contributed by atoms with Crippen LogP contribution in [0.15, 0.2) is 0 Å². The van der Waals surface area contributed by atoms with Crippen LogP contribution in [-0.4, -0.2) is 7.35 Å². The maximum atomic E-state index is 4.14. The van der Waals surface area contributed by atoms with Crippen molar-refractivity contribution >= 4 is 45.2 Å². The second kappa shape index (κ2) is 4.80. The molecule has 2 atom stereocenters. The van der Waals surface area contributed by atoms with Gasteiger partial charge in [0, 0.05) is 7.35 Å². The summed E-state index contributed by atoms with van der Waals surface area (Å²) in [5, 5.41) is 0. The van der Waals surface area contributed by atoms with Gasteiger partial charge in [-0.3, -0.25) is 0 Å². The van der Waals surface area contributed by atoms with Crippen molar-refractivity contribution in [1.29, 1.82) is 0 Å². The Morgan fingerprint density at radius 1 is 1.33 bits per heavy atom. The zero-order chi connectivity index (χ0) is 9.99. The molecule has 1 radical (unpaired) electrons. The van der Waals surface area contributed by atoms with Crippen molar-refractivity contribution in [3.05, 3.63) is 6.92 Å². The van der Waals surface area contributed by atoms with Crippen molar-refractivity contribution in [2.75, 3.05) is 0 Å². The molecule has 0 fully saturated rings. The van der Waals surface area contributed by atoms with Gasteiger partial charge in [-0.05, 0) is 25.7 Å². The third-order valence-electron chi connectivity index (χ3n) is 2.79. The van der Waals surface area contributed by atoms with Gasteiger partial charge in [0.25, 0.3) is 0 Å². The first-order chi connectivity index (χ1) is 5.25. The van der Waals surface area contributed by atoms with Crippen LogP contribution in [0.5, 0.6) is 0 Å². The molecule has 73 valence electrons. The van der Waals surface area contributed by atoms with Gasteiger partial charge in [-0.25, -0.2) is 0 Å². The molecule has 0 aliphatic carbocycles. The molecule has 0 rings (SSSR count). The van der Waals surface area contributed by atoms with Crippen molar-refractivity contribution in [3.63, 3.8) is 0 Å². The van der Waals surface area contributed by atoms with E-state index in [-0.39, 0.29) is 0 Å². The predicted molar refractivity (Wildman–Crippen MR) is 74.3 cm³/mol. The number of hydrogen-bond donors (Lipinski definition) is 0. The van der Waals surface area contributed by atoms with Crippen molar-refractivity contribution in [1.82, 2.24) is 0 Å². The van der Waals surface area contributed by atoms with Gasteiger partial charge < -0.3 is 0 Å². The lowest BCUT2D eigenvalue weighted by molar-refractivity contribution is 0.264. The highest BCUT2D eigenvalue weighted by Crippen LogP contribution is 2.46. The zero-order valence-electron chi connectivity index (χ0n) is 8.45. The van der Waals surface area contributed by atoms with Crippen molar-refractivity contribution < 1.29 is 0 Å². The Bertz CT molecular complexity index is 137. The maximum Gasteiger partial charge on any atom is 0.0362 e. The van der Waals surface area contributed by atoms with Crippen molar-refractivity contribution in [2.24, 2.45) is 5.41 Å². The quantitative estimate of drug-likeness (QED) is 0.482. The van der Waals surface area contributed by atoms with Crippen molar-refractivity contribution in [3.8, 4) is 0 Å². The van der Waals surface area contributed by atoms with Crippen molar-refractivity contribution in [2.45, 2.75) is 47.9 Å². The lowest BCUT2D eigenvalue weighted by Crippen LogP contribution is -2.42. The normalized spacial score (nSPS) is 20.2. The fourth-order valence-electron chi connectivity index (χ4n) is 1.29. The highest BCUT2D eigenvalue weighted by atomic mass is 127. The van der Waals surface area contributed by atoms with E-state index < -0.39 is 0 Å². The summed E-state index contributed by atoms with van der Waals surface area (Å²) in [5.74, 6) is 0. The van der Waals surface area contributed by atoms with Gasteiger partial charge in [0.2, 0.25) is 0 Å². The van der Waals surface area contributed by atoms with Crippen LogP contribution in [0.4, 0.5) is 0 Å². The minimum Gasteiger partial charge on any atom is -0.0812 e. The Kier molecular flexibility index (Phi) is 5.39. The van der Waals surface area contributed by atoms with E-state index in [4.69, 9.17) is 0 Å². The smallest absolute Gasteiger partial charge is 0.0362 e. The van der Waals surface area contributed by atoms with Crippen LogP contribution in [0.25, 0.3) is 0 Å². The average Bonchev–Trinajstić information content (AvgIpc) is 1.86. The van der Waals surface area contributed by atoms with Crippen LogP contribution in [0.1, 0.15) is 40.5 Å². The first kappa shape index (κ1) is 13.5. The van der Waals surface area contributed by atoms with E-state index in [9.17, 15) is 0 Å². The standard InChI is InChI=1S/C10H19I2/c1-6-7-9(3,4)10(5,12)8(2)11/h8H,2,6-7H2,1,3-5H3. The largest absolute Gasteiger partial charge is 0.0812 e. The molecular weight excluding hydrogens is 374 g/mol. The number of rotatable bonds is 4. The van der Waals surface area contributed by atoms with Crippen LogP contribution in [0, 0.1) is 12.3 Å². The van der Waals surface area contributed by atoms with E-state index in [0.29, 0.717) is 12.8 Å². The molecule has 0 aromatic carbocycles. The fourth-order valence-corrected chi connectivity index (χ4v) is 2.41. The maximum absolute atomic E-state index is 4.14. The number of halogens is 2. The van der Waals surface area contributed by atoms with Crippen LogP contribution >= 0.6 is 45.2 Å². The molecule has 0 nitrogen and oxygen atoms in total. The summed E-state index contributed by atoms with van der Waals surface area (Å²) in [6.45, 7) is 13.4. The molecule has 0 saturated carbocycles. The van der Waals surface area contributed by atoms with E-state index in [0.717, 1.165) is 0 Å². The molecule has 0 amide bonds. The topological polar surface area (TPSA) is 0 Å². The van der Waals surface area contributed by atoms with E-state index >= 15 is 0 Å². The van der Waals surface area contributed by atoms with E-state index in [1.807, 2.05) is 0 Å². The molecule has 0 heterocycles. The molecular formula is C10H19I2. The summed E-state index contributed by atoms with van der Waals surface area (Å²) in [7, 11) is 0. The summed E-state index contributed by atoms with van der Waals surface area (Å²) in [4.78, 5) is 0. The van der Waals surface area contributed by atoms with Crippen LogP contribution < -0.4 is 0 Å². The average molecular weight is 393 g/mol. The lowest BCUT2D eigenvalue weighted by Gasteiger charge is -2.42. The monoisotopic (exact) mass is 393 g/mol. The molecule has 2 unspecified atom stereocenters. The van der Waals surface area contributed by atoms with Crippen LogP contribution in [0.3, 0.4) is 0 Å². The second-order valence-corrected chi connectivity index (χ2v) is 7.92. The Hall–Kier alpha value is 1.46. The highest BCUT2D eigenvalue weighted by molar-refractivity contribution is 14.1. The Labute approximate surface area is 105 Å². The fraction of sp³-hybridized carbons (Fsp3) is 0.900. The molecule has 0 spiro atoms. The third-order valence-corrected chi connectivity index (χ3v) is 7.44. The molecule has 0 aromatic rings. The molecule has 0 bridgehead atoms. The van der Waals surface area contributed by atoms with Gasteiger partial charge >= 0.3 is 0 Å². The molecule has 0 saturated heterocycles. The molecule has 0 aliphatic rings. The van der Waals surface area contributed by atoms with E-state index in [1.54, 1.807) is 0 Å². The summed E-state index contributed by atoms with van der Waals surface area (Å²) in [6.07, 6.45) is 2.54. The highest BCUT2D eigenvalue weighted by Gasteiger charge is 2.41. The van der Waals surface area contributed by atoms with E-state index in [1.165, 1.54) is 12.8 Å². The first-order valence-corrected chi connectivity index (χ1v) is 6.74. The second-order valence-electron chi connectivity index (χ2n) is 4.18. The number of alkyl halides is 2. The Balaban J connectivity index is 4.50. The summed E-state index contributed by atoms with van der Waals surface area (Å²) in [5.41, 5.74) is 0.385. The third kappa shape index (κ3) is 3.00. The molecule has 12 heavy (non-hydrogen) atoms. The van der Waals surface area contributed by atoms with Gasteiger partial charge in [0.15, 0.2) is 0 Å². The van der Waals surface area contributed by atoms with Gasteiger partial charge in [0.05, 0.1) is 0 Å². The van der Waals surface area contributed by atoms with Gasteiger partial charge in [0.1, 0.15) is 0 Å². The predicted octanol–water partition coefficient (Wildman–Crippen LogP) is 4.64. The minimum absolute atomic E-state index is 0.293. The first-order valence-electron chi connectivity index (χ1n) is 4.41. The van der Waals surface area contributed by atoms with Gasteiger partial charge in [-0.15, -0.1) is 0 Å². The van der Waals surface area contributed by atoms with Gasteiger partial charge in [-0.2, -0.15) is 0 Å². The summed E-state index contributed by atoms with van der Waals surface area (Å²) in [6, 6.07) is 0. The Morgan fingerprint density at radius 3 is 2.00 bits per heavy atom. The summed E-state index contributed by atoms with van der Waals surface area (Å²) < 4.78 is 0.763. The molecule has 2 heteroatoms. The van der Waals surface area contributed by atoms with Crippen LogP contribution in [0.2, 0.25) is 0 Å². The number of hydrogen-bond acceptors (Lipinski definition) is 0. The SMILES string of the molecule is [CH2]C(I)C(C)(I)C(C)(C)CCC. The Morgan fingerprint density at radius 2 is 1.75 bits per heavy atom. The molecule has 0 aliphatic heterocycles. The zero-order valence-corrected chi connectivity index (χ0v) is 12.8. The van der Waals surface area contributed by atoms with E-state index in [2.05, 4.69) is 79.8 Å². The van der Waals surface area contributed by atoms with Crippen LogP contribution in [-0.2, 0) is 0 Å².